The fourth-order valence-corrected chi connectivity index (χ4v) is 3.39. The molecule has 0 spiro atoms. The minimum Gasteiger partial charge on any atom is -0.493 e. The van der Waals surface area contributed by atoms with E-state index in [0.29, 0.717) is 12.2 Å². The Morgan fingerprint density at radius 1 is 1.12 bits per heavy atom. The van der Waals surface area contributed by atoms with Gasteiger partial charge in [-0.1, -0.05) is 24.3 Å². The Morgan fingerprint density at radius 3 is 2.56 bits per heavy atom. The van der Waals surface area contributed by atoms with E-state index in [4.69, 9.17) is 9.47 Å². The number of methoxy groups -OCH3 is 1. The van der Waals surface area contributed by atoms with Crippen LogP contribution in [0.5, 0.6) is 11.5 Å². The fraction of sp³-hybridized carbons (Fsp3) is 0.381. The van der Waals surface area contributed by atoms with Gasteiger partial charge in [0.15, 0.2) is 11.5 Å². The molecule has 0 saturated heterocycles. The molecule has 0 bridgehead atoms. The molecule has 1 amide bonds. The third-order valence-electron chi connectivity index (χ3n) is 4.76. The van der Waals surface area contributed by atoms with Gasteiger partial charge in [-0.3, -0.25) is 4.79 Å². The van der Waals surface area contributed by atoms with Gasteiger partial charge in [-0.15, -0.1) is 0 Å². The molecule has 1 heterocycles. The Balaban J connectivity index is 2.18. The molecule has 132 valence electrons. The SMILES string of the molecule is COc1cccc([C@H]2CC(=O)Nc3c2ccc(C)c3C)c1OC(C)C. The van der Waals surface area contributed by atoms with Crippen molar-refractivity contribution in [2.24, 2.45) is 0 Å². The summed E-state index contributed by atoms with van der Waals surface area (Å²) in [5.74, 6) is 1.41. The average Bonchev–Trinajstić information content (AvgIpc) is 2.57. The molecule has 2 aromatic carbocycles. The highest BCUT2D eigenvalue weighted by molar-refractivity contribution is 5.96. The molecular formula is C21H25NO3. The molecule has 1 N–H and O–H groups in total. The first-order valence-electron chi connectivity index (χ1n) is 8.65. The molecule has 4 nitrogen and oxygen atoms in total. The van der Waals surface area contributed by atoms with E-state index < -0.39 is 0 Å². The van der Waals surface area contributed by atoms with Crippen LogP contribution in [0.4, 0.5) is 5.69 Å². The van der Waals surface area contributed by atoms with Crippen molar-refractivity contribution in [1.82, 2.24) is 0 Å². The Hall–Kier alpha value is -2.49. The third-order valence-corrected chi connectivity index (χ3v) is 4.76. The number of anilines is 1. The van der Waals surface area contributed by atoms with Crippen LogP contribution in [0.15, 0.2) is 30.3 Å². The van der Waals surface area contributed by atoms with Crippen LogP contribution in [0.3, 0.4) is 0 Å². The zero-order valence-electron chi connectivity index (χ0n) is 15.5. The first kappa shape index (κ1) is 17.3. The molecule has 0 aliphatic carbocycles. The highest BCUT2D eigenvalue weighted by atomic mass is 16.5. The van der Waals surface area contributed by atoms with Crippen LogP contribution in [0.25, 0.3) is 0 Å². The van der Waals surface area contributed by atoms with E-state index in [1.54, 1.807) is 7.11 Å². The van der Waals surface area contributed by atoms with Crippen LogP contribution >= 0.6 is 0 Å². The van der Waals surface area contributed by atoms with Crippen LogP contribution in [-0.4, -0.2) is 19.1 Å². The summed E-state index contributed by atoms with van der Waals surface area (Å²) < 4.78 is 11.6. The van der Waals surface area contributed by atoms with Crippen molar-refractivity contribution in [3.05, 3.63) is 52.6 Å². The van der Waals surface area contributed by atoms with E-state index in [9.17, 15) is 4.79 Å². The number of aryl methyl sites for hydroxylation is 1. The van der Waals surface area contributed by atoms with Crippen molar-refractivity contribution < 1.29 is 14.3 Å². The molecule has 0 unspecified atom stereocenters. The number of fused-ring (bicyclic) bond motifs is 1. The highest BCUT2D eigenvalue weighted by Gasteiger charge is 2.31. The maximum Gasteiger partial charge on any atom is 0.225 e. The van der Waals surface area contributed by atoms with Gasteiger partial charge < -0.3 is 14.8 Å². The summed E-state index contributed by atoms with van der Waals surface area (Å²) in [6.07, 6.45) is 0.420. The summed E-state index contributed by atoms with van der Waals surface area (Å²) in [6.45, 7) is 8.09. The lowest BCUT2D eigenvalue weighted by molar-refractivity contribution is -0.116. The standard InChI is InChI=1S/C21H25NO3/c1-12(2)25-21-16(7-6-8-18(21)24-5)17-11-19(23)22-20-14(4)13(3)9-10-15(17)20/h6-10,12,17H,11H2,1-5H3,(H,22,23)/t17-/m0/s1. The van der Waals surface area contributed by atoms with E-state index in [1.807, 2.05) is 39.0 Å². The van der Waals surface area contributed by atoms with E-state index in [0.717, 1.165) is 28.1 Å². The summed E-state index contributed by atoms with van der Waals surface area (Å²) >= 11 is 0. The van der Waals surface area contributed by atoms with Gasteiger partial charge in [-0.2, -0.15) is 0 Å². The van der Waals surface area contributed by atoms with Crippen molar-refractivity contribution in [3.8, 4) is 11.5 Å². The van der Waals surface area contributed by atoms with Gasteiger partial charge in [0, 0.05) is 23.6 Å². The summed E-state index contributed by atoms with van der Waals surface area (Å²) in [7, 11) is 1.64. The lowest BCUT2D eigenvalue weighted by Crippen LogP contribution is -2.25. The average molecular weight is 339 g/mol. The molecule has 0 radical (unpaired) electrons. The second kappa shape index (κ2) is 6.79. The van der Waals surface area contributed by atoms with Crippen LogP contribution in [-0.2, 0) is 4.79 Å². The molecule has 1 aliphatic rings. The number of nitrogens with one attached hydrogen (secondary N) is 1. The van der Waals surface area contributed by atoms with Crippen molar-refractivity contribution in [3.63, 3.8) is 0 Å². The van der Waals surface area contributed by atoms with Gasteiger partial charge in [0.05, 0.1) is 13.2 Å². The van der Waals surface area contributed by atoms with Gasteiger partial charge in [-0.25, -0.2) is 0 Å². The van der Waals surface area contributed by atoms with Gasteiger partial charge in [-0.05, 0) is 50.5 Å². The Kier molecular flexibility index (Phi) is 4.71. The van der Waals surface area contributed by atoms with Crippen molar-refractivity contribution in [1.29, 1.82) is 0 Å². The predicted molar refractivity (Wildman–Crippen MR) is 99.8 cm³/mol. The smallest absolute Gasteiger partial charge is 0.225 e. The second-order valence-electron chi connectivity index (χ2n) is 6.82. The molecule has 2 aromatic rings. The van der Waals surface area contributed by atoms with Gasteiger partial charge in [0.1, 0.15) is 0 Å². The fourth-order valence-electron chi connectivity index (χ4n) is 3.39. The third kappa shape index (κ3) is 3.21. The number of amides is 1. The van der Waals surface area contributed by atoms with Crippen LogP contribution in [0, 0.1) is 13.8 Å². The summed E-state index contributed by atoms with van der Waals surface area (Å²) in [5.41, 5.74) is 5.34. The Morgan fingerprint density at radius 2 is 1.88 bits per heavy atom. The number of hydrogen-bond donors (Lipinski definition) is 1. The number of benzene rings is 2. The van der Waals surface area contributed by atoms with Crippen LogP contribution < -0.4 is 14.8 Å². The zero-order valence-corrected chi connectivity index (χ0v) is 15.5. The quantitative estimate of drug-likeness (QED) is 0.887. The van der Waals surface area contributed by atoms with Crippen molar-refractivity contribution in [2.45, 2.75) is 46.1 Å². The molecule has 0 aromatic heterocycles. The minimum absolute atomic E-state index is 0.0201. The second-order valence-corrected chi connectivity index (χ2v) is 6.82. The lowest BCUT2D eigenvalue weighted by atomic mass is 9.82. The number of para-hydroxylation sites is 1. The molecule has 3 rings (SSSR count). The molecule has 1 aliphatic heterocycles. The Bertz CT molecular complexity index is 811. The minimum atomic E-state index is -0.0492. The molecular weight excluding hydrogens is 314 g/mol. The number of carbonyl (C=O) groups is 1. The monoisotopic (exact) mass is 339 g/mol. The largest absolute Gasteiger partial charge is 0.493 e. The molecule has 0 fully saturated rings. The van der Waals surface area contributed by atoms with Crippen molar-refractivity contribution >= 4 is 11.6 Å². The lowest BCUT2D eigenvalue weighted by Gasteiger charge is -2.30. The van der Waals surface area contributed by atoms with Crippen LogP contribution in [0.1, 0.15) is 48.4 Å². The number of ether oxygens (including phenoxy) is 2. The van der Waals surface area contributed by atoms with E-state index in [-0.39, 0.29) is 17.9 Å². The summed E-state index contributed by atoms with van der Waals surface area (Å²) in [5, 5.41) is 3.05. The van der Waals surface area contributed by atoms with Gasteiger partial charge in [0.2, 0.25) is 5.91 Å². The first-order chi connectivity index (χ1) is 11.9. The van der Waals surface area contributed by atoms with Crippen LogP contribution in [0.2, 0.25) is 0 Å². The predicted octanol–water partition coefficient (Wildman–Crippen LogP) is 4.57. The summed E-state index contributed by atoms with van der Waals surface area (Å²) in [4.78, 5) is 12.4. The molecule has 0 saturated carbocycles. The molecule has 4 heteroatoms. The Labute approximate surface area is 149 Å². The first-order valence-corrected chi connectivity index (χ1v) is 8.65. The van der Waals surface area contributed by atoms with E-state index >= 15 is 0 Å². The normalized spacial score (nSPS) is 16.4. The topological polar surface area (TPSA) is 47.6 Å². The van der Waals surface area contributed by atoms with E-state index in [2.05, 4.69) is 24.4 Å². The zero-order chi connectivity index (χ0) is 18.1. The number of rotatable bonds is 4. The maximum absolute atomic E-state index is 12.4. The number of carbonyl (C=O) groups excluding carboxylic acids is 1. The van der Waals surface area contributed by atoms with E-state index in [1.165, 1.54) is 5.56 Å². The highest BCUT2D eigenvalue weighted by Crippen LogP contribution is 2.45. The summed E-state index contributed by atoms with van der Waals surface area (Å²) in [6, 6.07) is 10.1. The molecule has 1 atom stereocenters. The van der Waals surface area contributed by atoms with Gasteiger partial charge in [0.25, 0.3) is 0 Å². The van der Waals surface area contributed by atoms with Gasteiger partial charge >= 0.3 is 0 Å². The molecule has 25 heavy (non-hydrogen) atoms. The maximum atomic E-state index is 12.4. The number of hydrogen-bond acceptors (Lipinski definition) is 3. The van der Waals surface area contributed by atoms with Crippen molar-refractivity contribution in [2.75, 3.05) is 12.4 Å².